The van der Waals surface area contributed by atoms with E-state index >= 15 is 0 Å². The van der Waals surface area contributed by atoms with Crippen LogP contribution in [0.2, 0.25) is 0 Å². The summed E-state index contributed by atoms with van der Waals surface area (Å²) in [6.45, 7) is 3.06. The van der Waals surface area contributed by atoms with Gasteiger partial charge in [-0.1, -0.05) is 0 Å². The van der Waals surface area contributed by atoms with E-state index < -0.39 is 0 Å². The number of carbonyl (C=O) groups is 1. The van der Waals surface area contributed by atoms with Crippen molar-refractivity contribution < 1.29 is 9.53 Å². The summed E-state index contributed by atoms with van der Waals surface area (Å²) in [4.78, 5) is 17.6. The fourth-order valence-corrected chi connectivity index (χ4v) is 2.16. The number of ether oxygens (including phenoxy) is 1. The van der Waals surface area contributed by atoms with E-state index in [9.17, 15) is 4.79 Å². The van der Waals surface area contributed by atoms with Crippen molar-refractivity contribution in [1.29, 1.82) is 0 Å². The van der Waals surface area contributed by atoms with Gasteiger partial charge in [0.05, 0.1) is 6.10 Å². The molecule has 2 unspecified atom stereocenters. The highest BCUT2D eigenvalue weighted by Gasteiger charge is 2.25. The van der Waals surface area contributed by atoms with E-state index in [-0.39, 0.29) is 42.5 Å². The van der Waals surface area contributed by atoms with E-state index in [1.807, 2.05) is 0 Å². The van der Waals surface area contributed by atoms with Crippen LogP contribution >= 0.6 is 24.0 Å². The molecule has 1 amide bonds. The Morgan fingerprint density at radius 3 is 2.48 bits per heavy atom. The van der Waals surface area contributed by atoms with Gasteiger partial charge in [-0.2, -0.15) is 0 Å². The van der Waals surface area contributed by atoms with Crippen LogP contribution in [-0.4, -0.2) is 62.2 Å². The molecule has 0 aromatic heterocycles. The van der Waals surface area contributed by atoms with E-state index in [1.165, 1.54) is 12.8 Å². The van der Waals surface area contributed by atoms with Crippen LogP contribution in [-0.2, 0) is 9.53 Å². The third-order valence-corrected chi connectivity index (χ3v) is 3.62. The van der Waals surface area contributed by atoms with Crippen molar-refractivity contribution in [3.63, 3.8) is 0 Å². The lowest BCUT2D eigenvalue weighted by atomic mass is 10.0. The van der Waals surface area contributed by atoms with Gasteiger partial charge in [-0.05, 0) is 32.6 Å². The number of aliphatic imine (C=N–C) groups is 1. The van der Waals surface area contributed by atoms with E-state index in [0.717, 1.165) is 25.4 Å². The van der Waals surface area contributed by atoms with Gasteiger partial charge in [0.15, 0.2) is 5.96 Å². The molecule has 6 nitrogen and oxygen atoms in total. The molecule has 0 aromatic rings. The zero-order chi connectivity index (χ0) is 14.5. The molecule has 21 heavy (non-hydrogen) atoms. The third-order valence-electron chi connectivity index (χ3n) is 3.62. The normalized spacial score (nSPS) is 25.8. The van der Waals surface area contributed by atoms with E-state index in [1.54, 1.807) is 19.0 Å². The zero-order valence-corrected chi connectivity index (χ0v) is 15.4. The molecule has 2 atom stereocenters. The number of rotatable bonds is 4. The molecule has 1 aliphatic heterocycles. The molecule has 2 rings (SSSR count). The summed E-state index contributed by atoms with van der Waals surface area (Å²) >= 11 is 0. The average Bonchev–Trinajstić information content (AvgIpc) is 3.19. The quantitative estimate of drug-likeness (QED) is 0.412. The fourth-order valence-electron chi connectivity index (χ4n) is 2.16. The lowest BCUT2D eigenvalue weighted by Gasteiger charge is -2.29. The van der Waals surface area contributed by atoms with Crippen molar-refractivity contribution in [2.45, 2.75) is 50.8 Å². The molecule has 0 spiro atoms. The number of nitrogens with one attached hydrogen (secondary N) is 2. The molecule has 2 aliphatic rings. The van der Waals surface area contributed by atoms with Crippen LogP contribution in [0.25, 0.3) is 0 Å². The minimum Gasteiger partial charge on any atom is -0.378 e. The Balaban J connectivity index is 0.00000220. The van der Waals surface area contributed by atoms with Gasteiger partial charge in [0, 0.05) is 32.8 Å². The first-order chi connectivity index (χ1) is 9.54. The van der Waals surface area contributed by atoms with Crippen LogP contribution in [0.4, 0.5) is 0 Å². The number of hydrogen-bond acceptors (Lipinski definition) is 3. The predicted octanol–water partition coefficient (Wildman–Crippen LogP) is 0.958. The highest BCUT2D eigenvalue weighted by atomic mass is 127. The summed E-state index contributed by atoms with van der Waals surface area (Å²) in [5.41, 5.74) is 0. The minimum atomic E-state index is 0. The molecule has 0 bridgehead atoms. The standard InChI is InChI=1S/C14H26N4O2.HI/c1-10-8-12(6-7-20-10)17-14(16-11-4-5-11)15-9-13(19)18(2)3;/h10-12H,4-9H2,1-3H3,(H2,15,16,17);1H. The molecule has 122 valence electrons. The summed E-state index contributed by atoms with van der Waals surface area (Å²) in [5.74, 6) is 0.782. The second-order valence-electron chi connectivity index (χ2n) is 5.92. The van der Waals surface area contributed by atoms with Gasteiger partial charge >= 0.3 is 0 Å². The second-order valence-corrected chi connectivity index (χ2v) is 5.92. The summed E-state index contributed by atoms with van der Waals surface area (Å²) in [6, 6.07) is 0.895. The van der Waals surface area contributed by atoms with Crippen molar-refractivity contribution in [1.82, 2.24) is 15.5 Å². The Labute approximate surface area is 144 Å². The number of carbonyl (C=O) groups excluding carboxylic acids is 1. The van der Waals surface area contributed by atoms with Gasteiger partial charge in [0.25, 0.3) is 0 Å². The minimum absolute atomic E-state index is 0. The number of nitrogens with zero attached hydrogens (tertiary/aromatic N) is 2. The average molecular weight is 410 g/mol. The molecule has 2 fully saturated rings. The summed E-state index contributed by atoms with van der Waals surface area (Å²) in [7, 11) is 3.50. The van der Waals surface area contributed by atoms with Gasteiger partial charge in [-0.3, -0.25) is 4.79 Å². The summed E-state index contributed by atoms with van der Waals surface area (Å²) in [5, 5.41) is 6.81. The highest BCUT2D eigenvalue weighted by Crippen LogP contribution is 2.19. The Morgan fingerprint density at radius 1 is 1.24 bits per heavy atom. The number of halogens is 1. The van der Waals surface area contributed by atoms with Crippen LogP contribution in [0.1, 0.15) is 32.6 Å². The van der Waals surface area contributed by atoms with Crippen molar-refractivity contribution in [3.8, 4) is 0 Å². The molecule has 7 heteroatoms. The third kappa shape index (κ3) is 6.82. The van der Waals surface area contributed by atoms with Gasteiger partial charge in [-0.25, -0.2) is 4.99 Å². The first kappa shape index (κ1) is 18.5. The van der Waals surface area contributed by atoms with Gasteiger partial charge in [-0.15, -0.1) is 24.0 Å². The molecular weight excluding hydrogens is 383 g/mol. The number of amides is 1. The maximum absolute atomic E-state index is 11.6. The monoisotopic (exact) mass is 410 g/mol. The van der Waals surface area contributed by atoms with Crippen LogP contribution in [0, 0.1) is 0 Å². The zero-order valence-electron chi connectivity index (χ0n) is 13.1. The molecule has 0 radical (unpaired) electrons. The Kier molecular flexibility index (Phi) is 7.72. The van der Waals surface area contributed by atoms with Gasteiger partial charge in [0.2, 0.25) is 5.91 Å². The molecule has 1 saturated carbocycles. The number of guanidine groups is 1. The van der Waals surface area contributed by atoms with Crippen LogP contribution in [0.15, 0.2) is 4.99 Å². The van der Waals surface area contributed by atoms with Crippen molar-refractivity contribution in [2.24, 2.45) is 4.99 Å². The Bertz CT molecular complexity index is 372. The Hall–Kier alpha value is -0.570. The molecule has 2 N–H and O–H groups in total. The summed E-state index contributed by atoms with van der Waals surface area (Å²) in [6.07, 6.45) is 4.62. The molecule has 0 aromatic carbocycles. The van der Waals surface area contributed by atoms with Crippen LogP contribution in [0.5, 0.6) is 0 Å². The predicted molar refractivity (Wildman–Crippen MR) is 94.1 cm³/mol. The first-order valence-corrected chi connectivity index (χ1v) is 7.44. The van der Waals surface area contributed by atoms with Gasteiger partial charge < -0.3 is 20.3 Å². The molecule has 1 heterocycles. The lowest BCUT2D eigenvalue weighted by Crippen LogP contribution is -2.48. The number of likely N-dealkylation sites (N-methyl/N-ethyl adjacent to an activating group) is 1. The number of hydrogen-bond donors (Lipinski definition) is 2. The van der Waals surface area contributed by atoms with Crippen molar-refractivity contribution >= 4 is 35.8 Å². The fraction of sp³-hybridized carbons (Fsp3) is 0.857. The van der Waals surface area contributed by atoms with Crippen LogP contribution in [0.3, 0.4) is 0 Å². The molecule has 1 saturated heterocycles. The van der Waals surface area contributed by atoms with E-state index in [4.69, 9.17) is 4.74 Å². The van der Waals surface area contributed by atoms with E-state index in [2.05, 4.69) is 22.5 Å². The van der Waals surface area contributed by atoms with Crippen molar-refractivity contribution in [3.05, 3.63) is 0 Å². The smallest absolute Gasteiger partial charge is 0.243 e. The van der Waals surface area contributed by atoms with Crippen molar-refractivity contribution in [2.75, 3.05) is 27.2 Å². The summed E-state index contributed by atoms with van der Waals surface area (Å²) < 4.78 is 5.55. The second kappa shape index (κ2) is 8.77. The van der Waals surface area contributed by atoms with Gasteiger partial charge in [0.1, 0.15) is 6.54 Å². The van der Waals surface area contributed by atoms with E-state index in [0.29, 0.717) is 12.1 Å². The Morgan fingerprint density at radius 2 is 1.90 bits per heavy atom. The SMILES string of the molecule is CC1CC(NC(=NCC(=O)N(C)C)NC2CC2)CCO1.I. The maximum Gasteiger partial charge on any atom is 0.243 e. The molecular formula is C14H27IN4O2. The maximum atomic E-state index is 11.6. The first-order valence-electron chi connectivity index (χ1n) is 7.44. The molecule has 1 aliphatic carbocycles. The largest absolute Gasteiger partial charge is 0.378 e. The lowest BCUT2D eigenvalue weighted by molar-refractivity contribution is -0.127. The topological polar surface area (TPSA) is 66.0 Å². The highest BCUT2D eigenvalue weighted by molar-refractivity contribution is 14.0. The van der Waals surface area contributed by atoms with Crippen LogP contribution < -0.4 is 10.6 Å².